The summed E-state index contributed by atoms with van der Waals surface area (Å²) in [6.07, 6.45) is 14.1. The summed E-state index contributed by atoms with van der Waals surface area (Å²) in [5.74, 6) is 0.0911. The smallest absolute Gasteiger partial charge is 0.197 e. The normalized spacial score (nSPS) is 17.4. The Kier molecular flexibility index (Phi) is 5.66. The third-order valence-electron chi connectivity index (χ3n) is 9.79. The van der Waals surface area contributed by atoms with Crippen LogP contribution in [0.5, 0.6) is 0 Å². The van der Waals surface area contributed by atoms with E-state index in [4.69, 9.17) is 0 Å². The Bertz CT molecular complexity index is 2720. The highest BCUT2D eigenvalue weighted by Crippen LogP contribution is 2.38. The van der Waals surface area contributed by atoms with E-state index in [2.05, 4.69) is 61.6 Å². The highest BCUT2D eigenvalue weighted by molar-refractivity contribution is 6.09. The van der Waals surface area contributed by atoms with E-state index in [-0.39, 0.29) is 22.8 Å². The van der Waals surface area contributed by atoms with Crippen LogP contribution in [0, 0.1) is 5.92 Å². The summed E-state index contributed by atoms with van der Waals surface area (Å²) in [6.45, 7) is 0. The average Bonchev–Trinajstić information content (AvgIpc) is 3.11. The van der Waals surface area contributed by atoms with Gasteiger partial charge in [0.1, 0.15) is 0 Å². The van der Waals surface area contributed by atoms with E-state index in [1.165, 1.54) is 0 Å². The molecule has 4 aromatic carbocycles. The fourth-order valence-corrected chi connectivity index (χ4v) is 7.61. The zero-order chi connectivity index (χ0) is 31.1. The molecule has 2 aliphatic rings. The van der Waals surface area contributed by atoms with Crippen LogP contribution in [-0.2, 0) is 14.1 Å². The Balaban J connectivity index is 1.35. The predicted molar refractivity (Wildman–Crippen MR) is 190 cm³/mol. The van der Waals surface area contributed by atoms with Gasteiger partial charge in [0, 0.05) is 70.5 Å². The first kappa shape index (κ1) is 26.5. The highest BCUT2D eigenvalue weighted by Gasteiger charge is 2.27. The lowest BCUT2D eigenvalue weighted by molar-refractivity contribution is 0.699. The maximum Gasteiger partial charge on any atom is 0.197 e. The molecule has 0 N–H and O–H groups in total. The Morgan fingerprint density at radius 2 is 1.26 bits per heavy atom. The van der Waals surface area contributed by atoms with Gasteiger partial charge in [-0.25, -0.2) is 0 Å². The van der Waals surface area contributed by atoms with Gasteiger partial charge in [0.15, 0.2) is 10.9 Å². The second-order valence-corrected chi connectivity index (χ2v) is 12.1. The first-order valence-corrected chi connectivity index (χ1v) is 15.4. The lowest BCUT2D eigenvalue weighted by atomic mass is 9.82. The molecule has 1 aliphatic carbocycles. The Morgan fingerprint density at radius 3 is 2.00 bits per heavy atom. The SMILES string of the molecule is Cn1c2cc3c(=O)c4cccc(-c5ccnc6ccccc56)c4n(C)c3cc2c(=O)c2cccc(C3=CC=NC4C=CC=CC34)c21. The summed E-state index contributed by atoms with van der Waals surface area (Å²) >= 11 is 0. The fraction of sp³-hybridized carbons (Fsp3) is 0.100. The van der Waals surface area contributed by atoms with Gasteiger partial charge in [-0.3, -0.25) is 19.6 Å². The van der Waals surface area contributed by atoms with Gasteiger partial charge < -0.3 is 9.13 Å². The molecule has 0 spiro atoms. The first-order chi connectivity index (χ1) is 22.5. The maximum absolute atomic E-state index is 14.3. The first-order valence-electron chi connectivity index (χ1n) is 15.4. The minimum atomic E-state index is -0.0563. The van der Waals surface area contributed by atoms with Crippen molar-refractivity contribution in [3.63, 3.8) is 0 Å². The molecule has 4 heterocycles. The molecule has 1 aliphatic heterocycles. The van der Waals surface area contributed by atoms with Crippen LogP contribution in [0.1, 0.15) is 5.56 Å². The van der Waals surface area contributed by atoms with Crippen LogP contribution in [0.4, 0.5) is 0 Å². The number of para-hydroxylation sites is 3. The van der Waals surface area contributed by atoms with Crippen LogP contribution in [0.2, 0.25) is 0 Å². The van der Waals surface area contributed by atoms with Gasteiger partial charge in [-0.1, -0.05) is 66.8 Å². The minimum absolute atomic E-state index is 0.0352. The average molecular weight is 597 g/mol. The third-order valence-corrected chi connectivity index (χ3v) is 9.79. The molecule has 6 nitrogen and oxygen atoms in total. The molecule has 3 aromatic heterocycles. The quantitative estimate of drug-likeness (QED) is 0.194. The molecule has 7 aromatic rings. The van der Waals surface area contributed by atoms with E-state index >= 15 is 0 Å². The van der Waals surface area contributed by atoms with Crippen LogP contribution in [0.3, 0.4) is 0 Å². The molecule has 0 fully saturated rings. The number of dihydropyridines is 1. The van der Waals surface area contributed by atoms with Gasteiger partial charge >= 0.3 is 0 Å². The molecule has 0 saturated heterocycles. The van der Waals surface area contributed by atoms with Crippen molar-refractivity contribution in [1.29, 1.82) is 0 Å². The van der Waals surface area contributed by atoms with E-state index in [1.807, 2.05) is 93.2 Å². The molecule has 0 bridgehead atoms. The molecule has 0 radical (unpaired) electrons. The summed E-state index contributed by atoms with van der Waals surface area (Å²) in [4.78, 5) is 37.8. The second-order valence-electron chi connectivity index (χ2n) is 12.1. The molecule has 0 amide bonds. The second kappa shape index (κ2) is 9.81. The number of nitrogens with zero attached hydrogens (tertiary/aromatic N) is 4. The number of allylic oxidation sites excluding steroid dienone is 3. The zero-order valence-corrected chi connectivity index (χ0v) is 25.3. The van der Waals surface area contributed by atoms with Crippen molar-refractivity contribution in [3.05, 3.63) is 141 Å². The molecule has 46 heavy (non-hydrogen) atoms. The van der Waals surface area contributed by atoms with E-state index in [9.17, 15) is 9.59 Å². The molecular weight excluding hydrogens is 568 g/mol. The molecular formula is C40H28N4O2. The van der Waals surface area contributed by atoms with Crippen molar-refractivity contribution in [2.75, 3.05) is 0 Å². The summed E-state index contributed by atoms with van der Waals surface area (Å²) < 4.78 is 4.14. The Hall–Kier alpha value is -5.88. The molecule has 0 saturated carbocycles. The van der Waals surface area contributed by atoms with Gasteiger partial charge in [-0.2, -0.15) is 0 Å². The largest absolute Gasteiger partial charge is 0.343 e. The number of aromatic nitrogens is 3. The number of hydrogen-bond acceptors (Lipinski definition) is 4. The van der Waals surface area contributed by atoms with E-state index in [0.29, 0.717) is 21.5 Å². The van der Waals surface area contributed by atoms with Gasteiger partial charge in [0.25, 0.3) is 0 Å². The van der Waals surface area contributed by atoms with Crippen molar-refractivity contribution < 1.29 is 0 Å². The lowest BCUT2D eigenvalue weighted by Gasteiger charge is -2.28. The van der Waals surface area contributed by atoms with E-state index in [1.54, 1.807) is 0 Å². The summed E-state index contributed by atoms with van der Waals surface area (Å²) in [5, 5.41) is 3.46. The molecule has 6 heteroatoms. The van der Waals surface area contributed by atoms with Gasteiger partial charge in [-0.15, -0.1) is 0 Å². The number of fused-ring (bicyclic) bond motifs is 6. The van der Waals surface area contributed by atoms with Crippen LogP contribution in [0.25, 0.3) is 71.2 Å². The van der Waals surface area contributed by atoms with Crippen LogP contribution < -0.4 is 10.9 Å². The minimum Gasteiger partial charge on any atom is -0.343 e. The number of rotatable bonds is 2. The maximum atomic E-state index is 14.3. The van der Waals surface area contributed by atoms with Crippen LogP contribution in [0.15, 0.2) is 130 Å². The van der Waals surface area contributed by atoms with E-state index in [0.717, 1.165) is 55.2 Å². The van der Waals surface area contributed by atoms with Crippen molar-refractivity contribution in [2.24, 2.45) is 25.0 Å². The summed E-state index contributed by atoms with van der Waals surface area (Å²) in [5.41, 5.74) is 8.00. The number of benzene rings is 4. The van der Waals surface area contributed by atoms with Gasteiger partial charge in [-0.05, 0) is 53.6 Å². The van der Waals surface area contributed by atoms with Crippen molar-refractivity contribution in [1.82, 2.24) is 14.1 Å². The number of pyridine rings is 3. The Morgan fingerprint density at radius 1 is 0.630 bits per heavy atom. The molecule has 220 valence electrons. The number of aryl methyl sites for hydroxylation is 2. The lowest BCUT2D eigenvalue weighted by Crippen LogP contribution is -2.22. The summed E-state index contributed by atoms with van der Waals surface area (Å²) in [7, 11) is 3.97. The van der Waals surface area contributed by atoms with Crippen molar-refractivity contribution >= 4 is 66.3 Å². The Labute approximate surface area is 263 Å². The van der Waals surface area contributed by atoms with Crippen LogP contribution in [-0.4, -0.2) is 26.4 Å². The van der Waals surface area contributed by atoms with Crippen LogP contribution >= 0.6 is 0 Å². The van der Waals surface area contributed by atoms with Crippen molar-refractivity contribution in [2.45, 2.75) is 6.04 Å². The highest BCUT2D eigenvalue weighted by atomic mass is 16.1. The van der Waals surface area contributed by atoms with E-state index < -0.39 is 0 Å². The summed E-state index contributed by atoms with van der Waals surface area (Å²) in [6, 6.07) is 25.7. The van der Waals surface area contributed by atoms with Gasteiger partial charge in [0.05, 0.1) is 33.6 Å². The number of aliphatic imine (C=N–C) groups is 1. The standard InChI is InChI=1S/C40H28N4O2/c1-43-35-21-32-36(44(2)38-28(12-8-14-30(38)40(32)46)24-18-20-42-34-16-6-4-10-26(24)34)22-31(35)39(45)29-13-7-11-27(37(29)43)23-17-19-41-33-15-5-3-9-25(23)33/h3-22,25,33H,1-2H3. The third kappa shape index (κ3) is 3.64. The number of hydrogen-bond donors (Lipinski definition) is 0. The zero-order valence-electron chi connectivity index (χ0n) is 25.3. The molecule has 2 atom stereocenters. The van der Waals surface area contributed by atoms with Crippen molar-refractivity contribution in [3.8, 4) is 11.1 Å². The van der Waals surface area contributed by atoms with Gasteiger partial charge in [0.2, 0.25) is 0 Å². The monoisotopic (exact) mass is 596 g/mol. The predicted octanol–water partition coefficient (Wildman–Crippen LogP) is 7.49. The topological polar surface area (TPSA) is 69.2 Å². The fourth-order valence-electron chi connectivity index (χ4n) is 7.61. The molecule has 2 unspecified atom stereocenters. The molecule has 9 rings (SSSR count).